The highest BCUT2D eigenvalue weighted by Crippen LogP contribution is 2.37. The van der Waals surface area contributed by atoms with Crippen LogP contribution in [-0.4, -0.2) is 24.1 Å². The lowest BCUT2D eigenvalue weighted by Crippen LogP contribution is -2.18. The first kappa shape index (κ1) is 13.2. The molecule has 6 nitrogen and oxygen atoms in total. The summed E-state index contributed by atoms with van der Waals surface area (Å²) < 4.78 is 23.6. The van der Waals surface area contributed by atoms with Crippen molar-refractivity contribution in [1.29, 1.82) is 0 Å². The predicted molar refractivity (Wildman–Crippen MR) is 74.0 cm³/mol. The minimum absolute atomic E-state index is 0.0886. The number of carbonyl (C=O) groups is 1. The molecular weight excluding hydrogens is 277 g/mol. The minimum Gasteiger partial charge on any atom is -0.486 e. The van der Waals surface area contributed by atoms with Crippen LogP contribution in [0.2, 0.25) is 0 Å². The lowest BCUT2D eigenvalue weighted by atomic mass is 10.2. The molecule has 1 aliphatic heterocycles. The zero-order chi connectivity index (χ0) is 14.8. The largest absolute Gasteiger partial charge is 0.486 e. The summed E-state index contributed by atoms with van der Waals surface area (Å²) in [5, 5.41) is 2.61. The molecule has 0 aliphatic carbocycles. The summed E-state index contributed by atoms with van der Waals surface area (Å²) in [7, 11) is 0. The molecule has 1 amide bonds. The number of aromatic nitrogens is 1. The van der Waals surface area contributed by atoms with E-state index in [-0.39, 0.29) is 5.69 Å². The van der Waals surface area contributed by atoms with Gasteiger partial charge in [-0.2, -0.15) is 0 Å². The van der Waals surface area contributed by atoms with Crippen LogP contribution in [0, 0.1) is 5.82 Å². The lowest BCUT2D eigenvalue weighted by molar-refractivity contribution is 0.102. The number of carbonyl (C=O) groups excluding carboxylic acids is 1. The molecule has 2 heterocycles. The highest BCUT2D eigenvalue weighted by atomic mass is 19.1. The first-order valence-corrected chi connectivity index (χ1v) is 6.25. The van der Waals surface area contributed by atoms with Crippen LogP contribution >= 0.6 is 0 Å². The Labute approximate surface area is 119 Å². The second kappa shape index (κ2) is 5.28. The standard InChI is InChI=1S/C14H12FN3O3/c15-8-1-2-10(17-7-8)14(19)18-11-6-13-12(5-9(11)16)20-3-4-21-13/h1-2,5-7H,3-4,16H2,(H,18,19). The molecule has 7 heteroatoms. The van der Waals surface area contributed by atoms with Crippen molar-refractivity contribution in [2.75, 3.05) is 24.3 Å². The first-order valence-electron chi connectivity index (χ1n) is 6.25. The molecular formula is C14H12FN3O3. The fraction of sp³-hybridized carbons (Fsp3) is 0.143. The molecule has 108 valence electrons. The van der Waals surface area contributed by atoms with E-state index < -0.39 is 11.7 Å². The number of halogens is 1. The van der Waals surface area contributed by atoms with Gasteiger partial charge in [0, 0.05) is 12.1 Å². The number of nitrogen functional groups attached to an aromatic ring is 1. The molecule has 0 fully saturated rings. The quantitative estimate of drug-likeness (QED) is 0.824. The van der Waals surface area contributed by atoms with Gasteiger partial charge in [0.05, 0.1) is 17.6 Å². The summed E-state index contributed by atoms with van der Waals surface area (Å²) in [6, 6.07) is 5.63. The number of nitrogens with two attached hydrogens (primary N) is 1. The molecule has 0 radical (unpaired) electrons. The van der Waals surface area contributed by atoms with E-state index in [0.717, 1.165) is 12.3 Å². The first-order chi connectivity index (χ1) is 10.1. The van der Waals surface area contributed by atoms with Crippen molar-refractivity contribution in [3.05, 3.63) is 42.0 Å². The van der Waals surface area contributed by atoms with Gasteiger partial charge in [0.2, 0.25) is 0 Å². The number of pyridine rings is 1. The third kappa shape index (κ3) is 2.71. The fourth-order valence-electron chi connectivity index (χ4n) is 1.91. The monoisotopic (exact) mass is 289 g/mol. The normalized spacial score (nSPS) is 12.8. The van der Waals surface area contributed by atoms with Gasteiger partial charge in [-0.3, -0.25) is 4.79 Å². The number of hydrogen-bond acceptors (Lipinski definition) is 5. The number of rotatable bonds is 2. The molecule has 1 aromatic carbocycles. The van der Waals surface area contributed by atoms with Crippen molar-refractivity contribution in [2.45, 2.75) is 0 Å². The molecule has 2 aromatic rings. The average Bonchev–Trinajstić information content (AvgIpc) is 2.48. The third-order valence-electron chi connectivity index (χ3n) is 2.92. The third-order valence-corrected chi connectivity index (χ3v) is 2.92. The zero-order valence-electron chi connectivity index (χ0n) is 10.9. The summed E-state index contributed by atoms with van der Waals surface area (Å²) in [5.74, 6) is 0.0539. The van der Waals surface area contributed by atoms with E-state index in [1.54, 1.807) is 12.1 Å². The van der Waals surface area contributed by atoms with Gasteiger partial charge < -0.3 is 20.5 Å². The summed E-state index contributed by atoms with van der Waals surface area (Å²) in [6.45, 7) is 0.890. The number of fused-ring (bicyclic) bond motifs is 1. The van der Waals surface area contributed by atoms with Gasteiger partial charge in [-0.1, -0.05) is 0 Å². The van der Waals surface area contributed by atoms with Crippen molar-refractivity contribution in [1.82, 2.24) is 4.98 Å². The lowest BCUT2D eigenvalue weighted by Gasteiger charge is -2.20. The second-order valence-electron chi connectivity index (χ2n) is 4.40. The van der Waals surface area contributed by atoms with E-state index in [4.69, 9.17) is 15.2 Å². The number of anilines is 2. The van der Waals surface area contributed by atoms with Gasteiger partial charge in [0.25, 0.3) is 5.91 Å². The maximum atomic E-state index is 12.8. The Kier molecular flexibility index (Phi) is 3.31. The van der Waals surface area contributed by atoms with Crippen LogP contribution in [-0.2, 0) is 0 Å². The topological polar surface area (TPSA) is 86.5 Å². The van der Waals surface area contributed by atoms with Crippen molar-refractivity contribution < 1.29 is 18.7 Å². The fourth-order valence-corrected chi connectivity index (χ4v) is 1.91. The summed E-state index contributed by atoms with van der Waals surface area (Å²) in [5.41, 5.74) is 6.68. The molecule has 0 saturated carbocycles. The number of hydrogen-bond donors (Lipinski definition) is 2. The van der Waals surface area contributed by atoms with Gasteiger partial charge in [-0.05, 0) is 12.1 Å². The Hall–Kier alpha value is -2.83. The molecule has 21 heavy (non-hydrogen) atoms. The summed E-state index contributed by atoms with van der Waals surface area (Å²) in [6.07, 6.45) is 0.974. The van der Waals surface area contributed by atoms with Crippen molar-refractivity contribution in [3.63, 3.8) is 0 Å². The highest BCUT2D eigenvalue weighted by Gasteiger charge is 2.16. The molecule has 3 rings (SSSR count). The molecule has 0 bridgehead atoms. The van der Waals surface area contributed by atoms with Gasteiger partial charge in [0.1, 0.15) is 24.7 Å². The molecule has 3 N–H and O–H groups in total. The molecule has 1 aromatic heterocycles. The van der Waals surface area contributed by atoms with Crippen LogP contribution in [0.5, 0.6) is 11.5 Å². The molecule has 0 atom stereocenters. The van der Waals surface area contributed by atoms with Gasteiger partial charge >= 0.3 is 0 Å². The number of nitrogens with one attached hydrogen (secondary N) is 1. The van der Waals surface area contributed by atoms with E-state index >= 15 is 0 Å². The smallest absolute Gasteiger partial charge is 0.274 e. The van der Waals surface area contributed by atoms with Gasteiger partial charge in [-0.25, -0.2) is 9.37 Å². The van der Waals surface area contributed by atoms with E-state index in [0.29, 0.717) is 36.1 Å². The zero-order valence-corrected chi connectivity index (χ0v) is 10.9. The molecule has 1 aliphatic rings. The van der Waals surface area contributed by atoms with Crippen LogP contribution in [0.25, 0.3) is 0 Å². The Morgan fingerprint density at radius 1 is 1.24 bits per heavy atom. The summed E-state index contributed by atoms with van der Waals surface area (Å²) in [4.78, 5) is 15.7. The number of benzene rings is 1. The maximum absolute atomic E-state index is 12.8. The predicted octanol–water partition coefficient (Wildman–Crippen LogP) is 1.83. The van der Waals surface area contributed by atoms with Crippen LogP contribution in [0.4, 0.5) is 15.8 Å². The SMILES string of the molecule is Nc1cc2c(cc1NC(=O)c1ccc(F)cn1)OCCO2. The average molecular weight is 289 g/mol. The van der Waals surface area contributed by atoms with Crippen LogP contribution in [0.3, 0.4) is 0 Å². The second-order valence-corrected chi connectivity index (χ2v) is 4.40. The van der Waals surface area contributed by atoms with Crippen LogP contribution < -0.4 is 20.5 Å². The van der Waals surface area contributed by atoms with E-state index in [1.165, 1.54) is 6.07 Å². The van der Waals surface area contributed by atoms with Crippen LogP contribution in [0.1, 0.15) is 10.5 Å². The van der Waals surface area contributed by atoms with E-state index in [1.807, 2.05) is 0 Å². The van der Waals surface area contributed by atoms with Crippen molar-refractivity contribution in [2.24, 2.45) is 0 Å². The van der Waals surface area contributed by atoms with Crippen molar-refractivity contribution >= 4 is 17.3 Å². The molecule has 0 saturated heterocycles. The highest BCUT2D eigenvalue weighted by molar-refractivity contribution is 6.04. The van der Waals surface area contributed by atoms with Gasteiger partial charge in [0.15, 0.2) is 11.5 Å². The molecule has 0 spiro atoms. The number of nitrogens with zero attached hydrogens (tertiary/aromatic N) is 1. The minimum atomic E-state index is -0.509. The number of ether oxygens (including phenoxy) is 2. The molecule has 0 unspecified atom stereocenters. The Morgan fingerprint density at radius 3 is 2.62 bits per heavy atom. The number of amides is 1. The maximum Gasteiger partial charge on any atom is 0.274 e. The van der Waals surface area contributed by atoms with E-state index in [2.05, 4.69) is 10.3 Å². The Balaban J connectivity index is 1.84. The Morgan fingerprint density at radius 2 is 1.95 bits per heavy atom. The van der Waals surface area contributed by atoms with Crippen molar-refractivity contribution in [3.8, 4) is 11.5 Å². The van der Waals surface area contributed by atoms with Crippen LogP contribution in [0.15, 0.2) is 30.5 Å². The van der Waals surface area contributed by atoms with Gasteiger partial charge in [-0.15, -0.1) is 0 Å². The Bertz CT molecular complexity index is 689. The summed E-state index contributed by atoms with van der Waals surface area (Å²) >= 11 is 0. The van der Waals surface area contributed by atoms with E-state index in [9.17, 15) is 9.18 Å².